The van der Waals surface area contributed by atoms with Gasteiger partial charge in [-0.25, -0.2) is 0 Å². The molecular formula is C18H30O4. The lowest BCUT2D eigenvalue weighted by atomic mass is 9.51. The molecule has 22 heavy (non-hydrogen) atoms. The predicted octanol–water partition coefficient (Wildman–Crippen LogP) is 4.35. The van der Waals surface area contributed by atoms with E-state index in [1.807, 2.05) is 0 Å². The summed E-state index contributed by atoms with van der Waals surface area (Å²) in [6.07, 6.45) is 7.42. The molecule has 1 spiro atoms. The molecule has 0 aromatic carbocycles. The van der Waals surface area contributed by atoms with Crippen molar-refractivity contribution in [1.29, 1.82) is 0 Å². The summed E-state index contributed by atoms with van der Waals surface area (Å²) in [6.45, 7) is 10.1. The van der Waals surface area contributed by atoms with Gasteiger partial charge < -0.3 is 10.2 Å². The number of rotatable bonds is 2. The van der Waals surface area contributed by atoms with Gasteiger partial charge in [-0.2, -0.15) is 0 Å². The highest BCUT2D eigenvalue weighted by Crippen LogP contribution is 2.61. The van der Waals surface area contributed by atoms with Crippen LogP contribution in [-0.2, 0) is 9.59 Å². The quantitative estimate of drug-likeness (QED) is 0.743. The van der Waals surface area contributed by atoms with Crippen molar-refractivity contribution in [1.82, 2.24) is 0 Å². The molecule has 2 rings (SSSR count). The van der Waals surface area contributed by atoms with E-state index in [-0.39, 0.29) is 10.8 Å². The standard InChI is InChI=1S/C16H26O2.C2H4O2/c1-11-8-12(2)16(10-11)7-5-6-15(3,4)13(16)9-14(17)18;1-2(3)4/h8,12-13H,5-7,9-10H2,1-4H3,(H,17,18);1H3,(H,3,4). The van der Waals surface area contributed by atoms with Gasteiger partial charge in [0.2, 0.25) is 0 Å². The largest absolute Gasteiger partial charge is 0.481 e. The molecule has 4 nitrogen and oxygen atoms in total. The molecule has 0 amide bonds. The van der Waals surface area contributed by atoms with Crippen molar-refractivity contribution >= 4 is 11.9 Å². The molecule has 0 aromatic rings. The fourth-order valence-electron chi connectivity index (χ4n) is 4.74. The second-order valence-electron chi connectivity index (χ2n) is 7.72. The molecule has 2 N–H and O–H groups in total. The Morgan fingerprint density at radius 3 is 2.23 bits per heavy atom. The number of hydrogen-bond acceptors (Lipinski definition) is 2. The normalized spacial score (nSPS) is 32.9. The van der Waals surface area contributed by atoms with Gasteiger partial charge in [-0.1, -0.05) is 38.8 Å². The van der Waals surface area contributed by atoms with Crippen molar-refractivity contribution in [3.8, 4) is 0 Å². The molecule has 2 aliphatic carbocycles. The van der Waals surface area contributed by atoms with Gasteiger partial charge in [0.15, 0.2) is 0 Å². The summed E-state index contributed by atoms with van der Waals surface area (Å²) in [4.78, 5) is 20.3. The van der Waals surface area contributed by atoms with E-state index < -0.39 is 11.9 Å². The highest BCUT2D eigenvalue weighted by molar-refractivity contribution is 5.67. The first kappa shape index (κ1) is 18.7. The van der Waals surface area contributed by atoms with Crippen molar-refractivity contribution in [2.45, 2.75) is 66.7 Å². The zero-order chi connectivity index (χ0) is 17.1. The van der Waals surface area contributed by atoms with Gasteiger partial charge in [0.25, 0.3) is 5.97 Å². The van der Waals surface area contributed by atoms with E-state index in [1.165, 1.54) is 24.8 Å². The van der Waals surface area contributed by atoms with Crippen molar-refractivity contribution in [2.75, 3.05) is 0 Å². The fourth-order valence-corrected chi connectivity index (χ4v) is 4.74. The Morgan fingerprint density at radius 1 is 1.27 bits per heavy atom. The lowest BCUT2D eigenvalue weighted by Crippen LogP contribution is -2.46. The maximum atomic E-state index is 11.3. The Hall–Kier alpha value is -1.32. The van der Waals surface area contributed by atoms with Crippen molar-refractivity contribution in [3.05, 3.63) is 11.6 Å². The highest BCUT2D eigenvalue weighted by atomic mass is 16.4. The van der Waals surface area contributed by atoms with Gasteiger partial charge in [-0.05, 0) is 48.9 Å². The first-order valence-electron chi connectivity index (χ1n) is 8.10. The summed E-state index contributed by atoms with van der Waals surface area (Å²) in [6, 6.07) is 0. The topological polar surface area (TPSA) is 74.6 Å². The lowest BCUT2D eigenvalue weighted by molar-refractivity contribution is -0.144. The molecule has 3 atom stereocenters. The van der Waals surface area contributed by atoms with Gasteiger partial charge in [0.05, 0.1) is 0 Å². The van der Waals surface area contributed by atoms with Gasteiger partial charge in [-0.3, -0.25) is 9.59 Å². The van der Waals surface area contributed by atoms with E-state index in [1.54, 1.807) is 0 Å². The molecule has 3 unspecified atom stereocenters. The molecule has 126 valence electrons. The molecule has 0 aromatic heterocycles. The minimum absolute atomic E-state index is 0.156. The molecule has 1 saturated carbocycles. The van der Waals surface area contributed by atoms with Crippen molar-refractivity contribution < 1.29 is 19.8 Å². The Balaban J connectivity index is 0.000000541. The van der Waals surface area contributed by atoms with Gasteiger partial charge in [0.1, 0.15) is 0 Å². The van der Waals surface area contributed by atoms with E-state index in [2.05, 4.69) is 33.8 Å². The zero-order valence-corrected chi connectivity index (χ0v) is 14.5. The molecule has 1 fully saturated rings. The smallest absolute Gasteiger partial charge is 0.303 e. The minimum Gasteiger partial charge on any atom is -0.481 e. The minimum atomic E-state index is -0.833. The van der Waals surface area contributed by atoms with Crippen LogP contribution in [0.3, 0.4) is 0 Å². The van der Waals surface area contributed by atoms with Crippen LogP contribution in [0.1, 0.15) is 66.7 Å². The van der Waals surface area contributed by atoms with E-state index in [4.69, 9.17) is 9.90 Å². The molecule has 0 heterocycles. The summed E-state index contributed by atoms with van der Waals surface area (Å²) in [5.74, 6) is -0.632. The number of carbonyl (C=O) groups is 2. The second kappa shape index (κ2) is 6.84. The summed E-state index contributed by atoms with van der Waals surface area (Å²) < 4.78 is 0. The first-order valence-corrected chi connectivity index (χ1v) is 8.10. The van der Waals surface area contributed by atoms with Crippen molar-refractivity contribution in [2.24, 2.45) is 22.7 Å². The molecule has 0 aliphatic heterocycles. The second-order valence-corrected chi connectivity index (χ2v) is 7.72. The van der Waals surface area contributed by atoms with Crippen LogP contribution in [0.5, 0.6) is 0 Å². The van der Waals surface area contributed by atoms with E-state index >= 15 is 0 Å². The summed E-state index contributed by atoms with van der Waals surface area (Å²) in [5.41, 5.74) is 1.82. The van der Waals surface area contributed by atoms with Crippen LogP contribution in [-0.4, -0.2) is 22.2 Å². The summed E-state index contributed by atoms with van der Waals surface area (Å²) in [5, 5.41) is 16.7. The molecule has 4 heteroatoms. The summed E-state index contributed by atoms with van der Waals surface area (Å²) in [7, 11) is 0. The van der Waals surface area contributed by atoms with E-state index in [0.717, 1.165) is 13.3 Å². The van der Waals surface area contributed by atoms with E-state index in [9.17, 15) is 9.90 Å². The lowest BCUT2D eigenvalue weighted by Gasteiger charge is -2.53. The predicted molar refractivity (Wildman–Crippen MR) is 86.7 cm³/mol. The average molecular weight is 310 g/mol. The Morgan fingerprint density at radius 2 is 1.82 bits per heavy atom. The fraction of sp³-hybridized carbons (Fsp3) is 0.778. The number of carboxylic acid groups (broad SMARTS) is 2. The number of carboxylic acids is 2. The molecular weight excluding hydrogens is 280 g/mol. The monoisotopic (exact) mass is 310 g/mol. The van der Waals surface area contributed by atoms with Gasteiger partial charge >= 0.3 is 5.97 Å². The molecule has 0 bridgehead atoms. The van der Waals surface area contributed by atoms with Crippen molar-refractivity contribution in [3.63, 3.8) is 0 Å². The van der Waals surface area contributed by atoms with E-state index in [0.29, 0.717) is 18.3 Å². The van der Waals surface area contributed by atoms with Crippen LogP contribution in [0.15, 0.2) is 11.6 Å². The number of allylic oxidation sites excluding steroid dienone is 2. The van der Waals surface area contributed by atoms with Crippen LogP contribution in [0.2, 0.25) is 0 Å². The van der Waals surface area contributed by atoms with Crippen LogP contribution >= 0.6 is 0 Å². The van der Waals surface area contributed by atoms with Gasteiger partial charge in [0, 0.05) is 13.3 Å². The van der Waals surface area contributed by atoms with Crippen LogP contribution in [0.25, 0.3) is 0 Å². The van der Waals surface area contributed by atoms with Crippen LogP contribution in [0, 0.1) is 22.7 Å². The van der Waals surface area contributed by atoms with Crippen LogP contribution < -0.4 is 0 Å². The molecule has 0 radical (unpaired) electrons. The molecule has 2 aliphatic rings. The third kappa shape index (κ3) is 4.11. The Labute approximate surface area is 133 Å². The Kier molecular flexibility index (Phi) is 5.82. The first-order chi connectivity index (χ1) is 10.0. The third-order valence-corrected chi connectivity index (χ3v) is 5.53. The number of hydrogen-bond donors (Lipinski definition) is 2. The zero-order valence-electron chi connectivity index (χ0n) is 14.5. The maximum Gasteiger partial charge on any atom is 0.303 e. The highest BCUT2D eigenvalue weighted by Gasteiger charge is 2.53. The van der Waals surface area contributed by atoms with Crippen LogP contribution in [0.4, 0.5) is 0 Å². The average Bonchev–Trinajstić information content (AvgIpc) is 2.58. The number of aliphatic carboxylic acids is 2. The Bertz CT molecular complexity index is 460. The van der Waals surface area contributed by atoms with Gasteiger partial charge in [-0.15, -0.1) is 0 Å². The third-order valence-electron chi connectivity index (χ3n) is 5.53. The maximum absolute atomic E-state index is 11.3. The SMILES string of the molecule is CC(=O)O.CC1=CC(C)C2(CCCC(C)(C)C2CC(=O)O)C1. The summed E-state index contributed by atoms with van der Waals surface area (Å²) >= 11 is 0. The molecule has 0 saturated heterocycles.